The lowest BCUT2D eigenvalue weighted by atomic mass is 9.80. The van der Waals surface area contributed by atoms with Crippen LogP contribution in [0.25, 0.3) is 0 Å². The van der Waals surface area contributed by atoms with Gasteiger partial charge in [-0.3, -0.25) is 33.6 Å². The first kappa shape index (κ1) is 71.1. The summed E-state index contributed by atoms with van der Waals surface area (Å²) in [4.78, 5) is 79.6. The molecule has 11 rings (SSSR count). The van der Waals surface area contributed by atoms with Crippen LogP contribution >= 0.6 is 0 Å². The minimum absolute atomic E-state index is 0. The highest BCUT2D eigenvalue weighted by Gasteiger charge is 2.47. The first-order valence-electron chi connectivity index (χ1n) is 28.1. The molecule has 0 aromatic rings. The monoisotopic (exact) mass is 1180 g/mol. The molecule has 0 aromatic heterocycles. The van der Waals surface area contributed by atoms with Crippen LogP contribution in [0.4, 0.5) is 0 Å². The van der Waals surface area contributed by atoms with Gasteiger partial charge in [0.05, 0.1) is 13.2 Å². The molecule has 9 aliphatic heterocycles. The highest BCUT2D eigenvalue weighted by Crippen LogP contribution is 2.39. The normalized spacial score (nSPS) is 28.5. The highest BCUT2D eigenvalue weighted by molar-refractivity contribution is 6.01. The molecule has 4 unspecified atom stereocenters. The van der Waals surface area contributed by atoms with Gasteiger partial charge in [-0.05, 0) is 207 Å². The van der Waals surface area contributed by atoms with Gasteiger partial charge < -0.3 is 42.6 Å². The summed E-state index contributed by atoms with van der Waals surface area (Å²) >= 11 is 0. The van der Waals surface area contributed by atoms with Crippen molar-refractivity contribution in [3.05, 3.63) is 171 Å². The molecule has 2 saturated carbocycles. The maximum atomic E-state index is 11.7. The average Bonchev–Trinajstić information content (AvgIpc) is 4.21. The Hall–Kier alpha value is -7.21. The fourth-order valence-corrected chi connectivity index (χ4v) is 9.90. The van der Waals surface area contributed by atoms with Crippen LogP contribution in [0, 0.1) is 0 Å². The van der Waals surface area contributed by atoms with Crippen molar-refractivity contribution in [3.8, 4) is 0 Å². The second-order valence-corrected chi connectivity index (χ2v) is 22.1. The van der Waals surface area contributed by atoms with Gasteiger partial charge in [0.25, 0.3) is 11.6 Å². The molecule has 17 heteroatoms. The van der Waals surface area contributed by atoms with E-state index in [2.05, 4.69) is 46.1 Å². The molecule has 4 fully saturated rings. The van der Waals surface area contributed by atoms with Crippen LogP contribution < -0.4 is 0 Å². The molecule has 0 amide bonds. The number of hydrogen-bond donors (Lipinski definition) is 0. The van der Waals surface area contributed by atoms with Gasteiger partial charge in [-0.25, -0.2) is 0 Å². The van der Waals surface area contributed by atoms with Crippen molar-refractivity contribution in [2.24, 2.45) is 0 Å². The Labute approximate surface area is 501 Å². The summed E-state index contributed by atoms with van der Waals surface area (Å²) in [6, 6.07) is 0. The smallest absolute Gasteiger partial charge is 0.274 e. The van der Waals surface area contributed by atoms with Crippen molar-refractivity contribution in [2.75, 3.05) is 13.2 Å². The zero-order valence-corrected chi connectivity index (χ0v) is 48.8. The molecule has 0 aromatic carbocycles. The van der Waals surface area contributed by atoms with Crippen molar-refractivity contribution in [1.29, 1.82) is 0 Å². The van der Waals surface area contributed by atoms with E-state index in [1.54, 1.807) is 82.4 Å². The van der Waals surface area contributed by atoms with Gasteiger partial charge in [-0.1, -0.05) is 73.7 Å². The second-order valence-electron chi connectivity index (χ2n) is 22.1. The highest BCUT2D eigenvalue weighted by atomic mass is 28.1. The van der Waals surface area contributed by atoms with E-state index in [-0.39, 0.29) is 58.9 Å². The van der Waals surface area contributed by atoms with E-state index in [0.29, 0.717) is 79.2 Å². The molecule has 11 aliphatic rings. The van der Waals surface area contributed by atoms with Crippen LogP contribution in [-0.4, -0.2) is 104 Å². The SMILES string of the molecule is C.C=C1C=CC(=O)C(C)(C)O1.C=C1C=CC(=O)C(C)(CC)O1.C=C1C=CC(=O)C(C)(CC)O1.C=C1C=CC(=O)C2(CCCC2)O1.C=C1C=CC(=O)C2(CCCCC2)O1.C=C1C=CC(=O)C2(CCCCO2)O1.C=C1C=CC(=O)C2(CCCO2)O1.[SiH4]. The second kappa shape index (κ2) is 30.6. The standard InChI is InChI=1S/C11H14O2.C10H12O3.C10H12O2.C9H10O3.2C9H12O2.C8H10O2.CH4.H4Si/c1-9-5-6-10(12)11(13-9)7-3-2-4-8-11;1-8-4-5-9(11)10(13-8)6-2-3-7-12-10;1-8-4-5-9(11)10(12-8)6-2-3-7-10;1-7-3-4-8(10)9(12-7)5-2-6-11-9;2*1-4-9(3)8(10)6-5-7(2)11-9;1-6-4-5-7(9)8(2,3)10-6;;/h5-6H,1-4,7-8H2;4-5H,1-3,6-7H2;4-5H,1-3,6-7H2;3-4H,1-2,5-6H2;2*5-6H,2,4H2,1,3H3;4-5H,1H2,2-3H3;2*1H4. The van der Waals surface area contributed by atoms with E-state index in [1.165, 1.54) is 36.8 Å². The van der Waals surface area contributed by atoms with Gasteiger partial charge in [-0.2, -0.15) is 0 Å². The lowest BCUT2D eigenvalue weighted by molar-refractivity contribution is -0.224. The maximum Gasteiger partial charge on any atom is 0.274 e. The largest absolute Gasteiger partial charge is 0.480 e. The van der Waals surface area contributed by atoms with Crippen molar-refractivity contribution in [1.82, 2.24) is 0 Å². The average molecular weight is 1180 g/mol. The molecule has 4 spiro atoms. The third-order valence-corrected chi connectivity index (χ3v) is 15.2. The number of ketones is 7. The summed E-state index contributed by atoms with van der Waals surface area (Å²) in [5.74, 6) is 1.93. The van der Waals surface area contributed by atoms with E-state index >= 15 is 0 Å². The summed E-state index contributed by atoms with van der Waals surface area (Å²) in [6.45, 7) is 37.6. The van der Waals surface area contributed by atoms with Crippen LogP contribution in [0.1, 0.15) is 152 Å². The quantitative estimate of drug-likeness (QED) is 0.236. The lowest BCUT2D eigenvalue weighted by Gasteiger charge is -2.37. The van der Waals surface area contributed by atoms with Crippen LogP contribution in [0.3, 0.4) is 0 Å². The van der Waals surface area contributed by atoms with Crippen molar-refractivity contribution in [3.63, 3.8) is 0 Å². The minimum Gasteiger partial charge on any atom is -0.480 e. The van der Waals surface area contributed by atoms with Crippen LogP contribution in [0.5, 0.6) is 0 Å². The zero-order chi connectivity index (χ0) is 60.6. The van der Waals surface area contributed by atoms with E-state index in [9.17, 15) is 33.6 Å². The Balaban J connectivity index is 0.000000256. The molecule has 0 bridgehead atoms. The number of hydrogen-bond acceptors (Lipinski definition) is 16. The Morgan fingerprint density at radius 1 is 0.333 bits per heavy atom. The van der Waals surface area contributed by atoms with Gasteiger partial charge in [-0.15, -0.1) is 0 Å². The Morgan fingerprint density at radius 3 is 0.929 bits per heavy atom. The molecule has 0 radical (unpaired) electrons. The number of rotatable bonds is 2. The van der Waals surface area contributed by atoms with Crippen molar-refractivity contribution >= 4 is 51.4 Å². The Morgan fingerprint density at radius 2 is 0.619 bits per heavy atom. The summed E-state index contributed by atoms with van der Waals surface area (Å²) < 4.78 is 48.2. The number of carbonyl (C=O) groups is 7. The number of ether oxygens (including phenoxy) is 9. The Bertz CT molecular complexity index is 2620. The summed E-state index contributed by atoms with van der Waals surface area (Å²) in [7, 11) is 0. The molecular formula is C67H90O16Si. The molecular weight excluding hydrogens is 1090 g/mol. The van der Waals surface area contributed by atoms with Gasteiger partial charge in [0, 0.05) is 12.8 Å². The molecule has 2 saturated heterocycles. The molecule has 9 heterocycles. The fourth-order valence-electron chi connectivity index (χ4n) is 9.90. The molecule has 2 aliphatic carbocycles. The van der Waals surface area contributed by atoms with E-state index < -0.39 is 39.6 Å². The minimum atomic E-state index is -1.04. The van der Waals surface area contributed by atoms with E-state index in [1.807, 2.05) is 13.8 Å². The van der Waals surface area contributed by atoms with Gasteiger partial charge in [0.1, 0.15) is 40.3 Å². The third-order valence-electron chi connectivity index (χ3n) is 15.2. The predicted octanol–water partition coefficient (Wildman–Crippen LogP) is 11.3. The summed E-state index contributed by atoms with van der Waals surface area (Å²) in [5, 5.41) is 0. The van der Waals surface area contributed by atoms with Gasteiger partial charge >= 0.3 is 0 Å². The summed E-state index contributed by atoms with van der Waals surface area (Å²) in [5.41, 5.74) is -3.13. The zero-order valence-electron chi connectivity index (χ0n) is 48.8. The van der Waals surface area contributed by atoms with Crippen LogP contribution in [-0.2, 0) is 76.2 Å². The van der Waals surface area contributed by atoms with E-state index in [4.69, 9.17) is 42.6 Å². The molecule has 458 valence electrons. The number of carbonyl (C=O) groups excluding carboxylic acids is 7. The Kier molecular flexibility index (Phi) is 25.8. The van der Waals surface area contributed by atoms with Crippen molar-refractivity contribution in [2.45, 2.75) is 191 Å². The van der Waals surface area contributed by atoms with Gasteiger partial charge in [0.15, 0.2) is 56.9 Å². The third kappa shape index (κ3) is 18.4. The molecule has 4 atom stereocenters. The fraction of sp³-hybridized carbons (Fsp3) is 0.478. The summed E-state index contributed by atoms with van der Waals surface area (Å²) in [6.07, 6.45) is 36.4. The topological polar surface area (TPSA) is 203 Å². The lowest BCUT2D eigenvalue weighted by Crippen LogP contribution is -2.47. The van der Waals surface area contributed by atoms with Crippen LogP contribution in [0.15, 0.2) is 171 Å². The molecule has 0 N–H and O–H groups in total. The molecule has 16 nitrogen and oxygen atoms in total. The first-order chi connectivity index (χ1) is 38.6. The van der Waals surface area contributed by atoms with Gasteiger partial charge in [0.2, 0.25) is 11.6 Å². The maximum absolute atomic E-state index is 11.7. The van der Waals surface area contributed by atoms with E-state index in [0.717, 1.165) is 70.6 Å². The predicted molar refractivity (Wildman–Crippen MR) is 328 cm³/mol. The number of allylic oxidation sites excluding steroid dienone is 7. The first-order valence-corrected chi connectivity index (χ1v) is 28.1. The van der Waals surface area contributed by atoms with Crippen molar-refractivity contribution < 1.29 is 76.2 Å². The van der Waals surface area contributed by atoms with Crippen LogP contribution in [0.2, 0.25) is 0 Å². The molecule has 84 heavy (non-hydrogen) atoms.